The number of halogens is 1. The Morgan fingerprint density at radius 3 is 2.35 bits per heavy atom. The van der Waals surface area contributed by atoms with Gasteiger partial charge in [0.2, 0.25) is 0 Å². The largest absolute Gasteiger partial charge is 0.379 e. The van der Waals surface area contributed by atoms with Crippen LogP contribution in [0, 0.1) is 23.7 Å². The van der Waals surface area contributed by atoms with Gasteiger partial charge in [0, 0.05) is 6.04 Å². The molecule has 4 bridgehead atoms. The van der Waals surface area contributed by atoms with Crippen LogP contribution in [-0.2, 0) is 5.54 Å². The highest BCUT2D eigenvalue weighted by Crippen LogP contribution is 2.58. The molecule has 5 aliphatic carbocycles. The van der Waals surface area contributed by atoms with Crippen LogP contribution in [0.2, 0.25) is 5.02 Å². The molecule has 0 amide bonds. The Morgan fingerprint density at radius 1 is 1.12 bits per heavy atom. The molecule has 5 aliphatic rings. The van der Waals surface area contributed by atoms with Gasteiger partial charge in [0.15, 0.2) is 0 Å². The van der Waals surface area contributed by atoms with Gasteiger partial charge in [0.1, 0.15) is 5.02 Å². The lowest BCUT2D eigenvalue weighted by Gasteiger charge is -2.56. The zero-order valence-electron chi connectivity index (χ0n) is 15.7. The van der Waals surface area contributed by atoms with Crippen molar-refractivity contribution in [3.8, 4) is 0 Å². The number of rotatable bonds is 3. The van der Waals surface area contributed by atoms with Crippen molar-refractivity contribution in [3.05, 3.63) is 21.6 Å². The third kappa shape index (κ3) is 2.71. The minimum Gasteiger partial charge on any atom is -0.379 e. The second-order valence-corrected chi connectivity index (χ2v) is 10.1. The first-order valence-electron chi connectivity index (χ1n) is 10.6. The number of anilines is 1. The Kier molecular flexibility index (Phi) is 4.11. The van der Waals surface area contributed by atoms with E-state index in [9.17, 15) is 4.79 Å². The second kappa shape index (κ2) is 6.25. The fraction of sp³-hybridized carbons (Fsp3) is 0.810. The summed E-state index contributed by atoms with van der Waals surface area (Å²) >= 11 is 6.57. The quantitative estimate of drug-likeness (QED) is 0.824. The van der Waals surface area contributed by atoms with E-state index in [2.05, 4.69) is 17.3 Å². The van der Waals surface area contributed by atoms with Gasteiger partial charge >= 0.3 is 0 Å². The number of nitrogens with one attached hydrogen (secondary N) is 1. The van der Waals surface area contributed by atoms with Gasteiger partial charge in [-0.25, -0.2) is 4.68 Å². The van der Waals surface area contributed by atoms with Crippen molar-refractivity contribution in [2.75, 3.05) is 5.32 Å². The molecule has 5 saturated carbocycles. The molecular weight excluding hydrogens is 346 g/mol. The van der Waals surface area contributed by atoms with E-state index in [4.69, 9.17) is 11.6 Å². The smallest absolute Gasteiger partial charge is 0.288 e. The molecule has 5 fully saturated rings. The highest BCUT2D eigenvalue weighted by atomic mass is 35.5. The molecule has 6 rings (SSSR count). The van der Waals surface area contributed by atoms with E-state index in [0.29, 0.717) is 17.0 Å². The van der Waals surface area contributed by atoms with Gasteiger partial charge in [-0.1, -0.05) is 31.4 Å². The van der Waals surface area contributed by atoms with Gasteiger partial charge in [-0.05, 0) is 75.0 Å². The highest BCUT2D eigenvalue weighted by molar-refractivity contribution is 6.32. The molecule has 26 heavy (non-hydrogen) atoms. The monoisotopic (exact) mass is 375 g/mol. The number of hydrogen-bond acceptors (Lipinski definition) is 3. The standard InChI is InChI=1S/C21H30ClN3O/c1-13-4-2-3-5-17(13)24-18-12-23-25(20(26)19(18)22)21-9-14-6-15(10-21)8-16(7-14)11-21/h12-17,24H,2-11H2,1H3. The minimum absolute atomic E-state index is 0.0634. The Morgan fingerprint density at radius 2 is 1.73 bits per heavy atom. The molecule has 0 radical (unpaired) electrons. The summed E-state index contributed by atoms with van der Waals surface area (Å²) in [5.74, 6) is 2.98. The highest BCUT2D eigenvalue weighted by Gasteiger charge is 2.53. The van der Waals surface area contributed by atoms with Crippen LogP contribution in [0.5, 0.6) is 0 Å². The summed E-state index contributed by atoms with van der Waals surface area (Å²) in [7, 11) is 0. The Labute approximate surface area is 160 Å². The van der Waals surface area contributed by atoms with Crippen LogP contribution in [0.1, 0.15) is 71.1 Å². The van der Waals surface area contributed by atoms with Crippen LogP contribution in [0.15, 0.2) is 11.0 Å². The summed E-state index contributed by atoms with van der Waals surface area (Å²) in [6.45, 7) is 2.29. The van der Waals surface area contributed by atoms with Crippen molar-refractivity contribution < 1.29 is 0 Å². The van der Waals surface area contributed by atoms with E-state index in [1.807, 2.05) is 6.20 Å². The van der Waals surface area contributed by atoms with Crippen molar-refractivity contribution in [3.63, 3.8) is 0 Å². The fourth-order valence-corrected chi connectivity index (χ4v) is 7.11. The first-order chi connectivity index (χ1) is 12.5. The zero-order chi connectivity index (χ0) is 17.9. The molecule has 2 unspecified atom stereocenters. The Hall–Kier alpha value is -1.03. The maximum absolute atomic E-state index is 13.2. The average molecular weight is 376 g/mol. The van der Waals surface area contributed by atoms with Crippen LogP contribution < -0.4 is 10.9 Å². The molecule has 1 N–H and O–H groups in total. The first kappa shape index (κ1) is 17.1. The lowest BCUT2D eigenvalue weighted by molar-refractivity contribution is -0.0518. The van der Waals surface area contributed by atoms with Gasteiger partial charge in [-0.2, -0.15) is 5.10 Å². The Bertz CT molecular complexity index is 723. The van der Waals surface area contributed by atoms with Gasteiger partial charge in [0.05, 0.1) is 17.4 Å². The molecule has 0 saturated heterocycles. The lowest BCUT2D eigenvalue weighted by Crippen LogP contribution is -2.55. The van der Waals surface area contributed by atoms with E-state index in [1.165, 1.54) is 38.5 Å². The number of nitrogens with zero attached hydrogens (tertiary/aromatic N) is 2. The van der Waals surface area contributed by atoms with Crippen molar-refractivity contribution in [1.29, 1.82) is 0 Å². The Balaban J connectivity index is 1.45. The van der Waals surface area contributed by atoms with E-state index in [-0.39, 0.29) is 11.1 Å². The van der Waals surface area contributed by atoms with E-state index >= 15 is 0 Å². The molecule has 5 heteroatoms. The zero-order valence-corrected chi connectivity index (χ0v) is 16.5. The predicted octanol–water partition coefficient (Wildman–Crippen LogP) is 4.81. The van der Waals surface area contributed by atoms with Gasteiger partial charge < -0.3 is 5.32 Å². The van der Waals surface area contributed by atoms with E-state index in [0.717, 1.165) is 49.1 Å². The van der Waals surface area contributed by atoms with E-state index in [1.54, 1.807) is 4.68 Å². The molecule has 0 spiro atoms. The maximum Gasteiger partial charge on any atom is 0.288 e. The molecule has 142 valence electrons. The molecule has 1 aromatic heterocycles. The second-order valence-electron chi connectivity index (χ2n) is 9.74. The summed E-state index contributed by atoms with van der Waals surface area (Å²) in [4.78, 5) is 13.2. The maximum atomic E-state index is 13.2. The van der Waals surface area contributed by atoms with Crippen molar-refractivity contribution in [2.45, 2.75) is 82.7 Å². The fourth-order valence-electron chi connectivity index (χ4n) is 6.93. The summed E-state index contributed by atoms with van der Waals surface area (Å²) in [5.41, 5.74) is 0.588. The topological polar surface area (TPSA) is 46.9 Å². The van der Waals surface area contributed by atoms with Crippen molar-refractivity contribution >= 4 is 17.3 Å². The lowest BCUT2D eigenvalue weighted by atomic mass is 9.53. The first-order valence-corrected chi connectivity index (χ1v) is 11.0. The van der Waals surface area contributed by atoms with Gasteiger partial charge in [0.25, 0.3) is 5.56 Å². The number of aromatic nitrogens is 2. The molecule has 1 aromatic rings. The normalized spacial score (nSPS) is 41.4. The van der Waals surface area contributed by atoms with Crippen LogP contribution in [-0.4, -0.2) is 15.8 Å². The van der Waals surface area contributed by atoms with Gasteiger partial charge in [-0.3, -0.25) is 4.79 Å². The van der Waals surface area contributed by atoms with Crippen LogP contribution >= 0.6 is 11.6 Å². The van der Waals surface area contributed by atoms with E-state index < -0.39 is 0 Å². The molecular formula is C21H30ClN3O. The number of hydrogen-bond donors (Lipinski definition) is 1. The third-order valence-corrected chi connectivity index (χ3v) is 8.19. The minimum atomic E-state index is -0.0814. The van der Waals surface area contributed by atoms with Crippen LogP contribution in [0.3, 0.4) is 0 Å². The SMILES string of the molecule is CC1CCCCC1Nc1cnn(C23CC4CC(CC(C4)C2)C3)c(=O)c1Cl. The summed E-state index contributed by atoms with van der Waals surface area (Å²) < 4.78 is 1.79. The molecule has 1 heterocycles. The summed E-state index contributed by atoms with van der Waals surface area (Å²) in [6.07, 6.45) is 14.2. The average Bonchev–Trinajstić information content (AvgIpc) is 2.59. The molecule has 2 atom stereocenters. The summed E-state index contributed by atoms with van der Waals surface area (Å²) in [6, 6.07) is 0.401. The van der Waals surface area contributed by atoms with Crippen molar-refractivity contribution in [1.82, 2.24) is 9.78 Å². The molecule has 4 nitrogen and oxygen atoms in total. The molecule has 0 aromatic carbocycles. The third-order valence-electron chi connectivity index (χ3n) is 7.83. The predicted molar refractivity (Wildman–Crippen MR) is 105 cm³/mol. The van der Waals surface area contributed by atoms with Crippen molar-refractivity contribution in [2.24, 2.45) is 23.7 Å². The summed E-state index contributed by atoms with van der Waals surface area (Å²) in [5, 5.41) is 8.55. The van der Waals surface area contributed by atoms with Crippen LogP contribution in [0.25, 0.3) is 0 Å². The molecule has 0 aliphatic heterocycles. The van der Waals surface area contributed by atoms with Gasteiger partial charge in [-0.15, -0.1) is 0 Å². The van der Waals surface area contributed by atoms with Crippen LogP contribution in [0.4, 0.5) is 5.69 Å².